The zero-order valence-electron chi connectivity index (χ0n) is 5.66. The van der Waals surface area contributed by atoms with E-state index in [1.165, 1.54) is 7.05 Å². The average molecular weight is 162 g/mol. The number of rotatable bonds is 1. The third-order valence-electron chi connectivity index (χ3n) is 1.16. The average Bonchev–Trinajstić information content (AvgIpc) is 1.96. The predicted octanol–water partition coefficient (Wildman–Crippen LogP) is 1.54. The van der Waals surface area contributed by atoms with Gasteiger partial charge in [-0.15, -0.1) is 0 Å². The molecule has 1 aromatic rings. The molecule has 0 aliphatic rings. The minimum atomic E-state index is -1.44. The summed E-state index contributed by atoms with van der Waals surface area (Å²) in [5.74, 6) is -3.66. The van der Waals surface area contributed by atoms with Gasteiger partial charge in [0.2, 0.25) is 11.8 Å². The number of hydrogen-bond donors (Lipinski definition) is 1. The van der Waals surface area contributed by atoms with Gasteiger partial charge in [-0.05, 0) is 0 Å². The fraction of sp³-hybridized carbons (Fsp3) is 0.167. The summed E-state index contributed by atoms with van der Waals surface area (Å²) in [5, 5.41) is 2.28. The van der Waals surface area contributed by atoms with Crippen LogP contribution in [0.3, 0.4) is 0 Å². The quantitative estimate of drug-likeness (QED) is 0.633. The van der Waals surface area contributed by atoms with Gasteiger partial charge in [0.1, 0.15) is 0 Å². The Morgan fingerprint density at radius 3 is 2.55 bits per heavy atom. The van der Waals surface area contributed by atoms with Gasteiger partial charge in [0.15, 0.2) is 0 Å². The molecule has 0 atom stereocenters. The molecule has 11 heavy (non-hydrogen) atoms. The van der Waals surface area contributed by atoms with Crippen LogP contribution in [0, 0.1) is 17.7 Å². The highest BCUT2D eigenvalue weighted by Gasteiger charge is 2.10. The molecule has 0 aromatic carbocycles. The normalized spacial score (nSPS) is 9.82. The van der Waals surface area contributed by atoms with Crippen LogP contribution in [0.1, 0.15) is 0 Å². The molecule has 60 valence electrons. The molecule has 5 heteroatoms. The zero-order valence-corrected chi connectivity index (χ0v) is 5.66. The molecule has 0 spiro atoms. The number of nitrogens with one attached hydrogen (secondary N) is 1. The Bertz CT molecular complexity index is 275. The number of anilines is 1. The Labute approximate surface area is 61.1 Å². The molecule has 0 saturated carbocycles. The number of halogens is 3. The van der Waals surface area contributed by atoms with Gasteiger partial charge < -0.3 is 5.32 Å². The second kappa shape index (κ2) is 2.77. The van der Waals surface area contributed by atoms with Crippen molar-refractivity contribution in [3.8, 4) is 0 Å². The third-order valence-corrected chi connectivity index (χ3v) is 1.16. The molecule has 0 bridgehead atoms. The van der Waals surface area contributed by atoms with Crippen molar-refractivity contribution in [3.05, 3.63) is 23.8 Å². The molecular weight excluding hydrogens is 157 g/mol. The maximum Gasteiger partial charge on any atom is 0.253 e. The van der Waals surface area contributed by atoms with Crippen molar-refractivity contribution in [2.24, 2.45) is 0 Å². The van der Waals surface area contributed by atoms with Gasteiger partial charge in [-0.25, -0.2) is 0 Å². The molecule has 0 aliphatic carbocycles. The molecule has 1 rings (SSSR count). The van der Waals surface area contributed by atoms with E-state index in [-0.39, 0.29) is 5.69 Å². The first-order chi connectivity index (χ1) is 5.15. The molecule has 0 unspecified atom stereocenters. The number of aromatic nitrogens is 1. The number of nitrogens with zero attached hydrogens (tertiary/aromatic N) is 1. The van der Waals surface area contributed by atoms with Crippen molar-refractivity contribution >= 4 is 5.69 Å². The molecule has 0 fully saturated rings. The third kappa shape index (κ3) is 1.42. The summed E-state index contributed by atoms with van der Waals surface area (Å²) in [6.45, 7) is 0. The van der Waals surface area contributed by atoms with E-state index in [4.69, 9.17) is 0 Å². The topological polar surface area (TPSA) is 24.9 Å². The lowest BCUT2D eigenvalue weighted by Crippen LogP contribution is -2.00. The van der Waals surface area contributed by atoms with Gasteiger partial charge in [-0.3, -0.25) is 0 Å². The van der Waals surface area contributed by atoms with E-state index >= 15 is 0 Å². The maximum absolute atomic E-state index is 12.5. The summed E-state index contributed by atoms with van der Waals surface area (Å²) in [4.78, 5) is 2.63. The van der Waals surface area contributed by atoms with E-state index in [9.17, 15) is 13.2 Å². The predicted molar refractivity (Wildman–Crippen MR) is 33.7 cm³/mol. The van der Waals surface area contributed by atoms with Crippen LogP contribution in [0.2, 0.25) is 0 Å². The van der Waals surface area contributed by atoms with Crippen molar-refractivity contribution in [1.82, 2.24) is 4.98 Å². The summed E-state index contributed by atoms with van der Waals surface area (Å²) in [6.07, 6.45) is 0. The minimum absolute atomic E-state index is 0.241. The Morgan fingerprint density at radius 1 is 1.36 bits per heavy atom. The first-order valence-electron chi connectivity index (χ1n) is 2.84. The standard InChI is InChI=1S/C6H5F3N2/c1-10-3-2-4(7)11-6(9)5(3)8/h2H,1H3,(H,10,11). The monoisotopic (exact) mass is 162 g/mol. The lowest BCUT2D eigenvalue weighted by molar-refractivity contribution is 0.450. The van der Waals surface area contributed by atoms with E-state index < -0.39 is 17.7 Å². The van der Waals surface area contributed by atoms with Gasteiger partial charge in [0.25, 0.3) is 5.95 Å². The zero-order chi connectivity index (χ0) is 8.43. The van der Waals surface area contributed by atoms with Gasteiger partial charge in [-0.2, -0.15) is 18.2 Å². The van der Waals surface area contributed by atoms with Crippen LogP contribution in [-0.2, 0) is 0 Å². The number of pyridine rings is 1. The lowest BCUT2D eigenvalue weighted by Gasteiger charge is -2.00. The highest BCUT2D eigenvalue weighted by atomic mass is 19.2. The second-order valence-electron chi connectivity index (χ2n) is 1.85. The van der Waals surface area contributed by atoms with E-state index in [1.54, 1.807) is 0 Å². The van der Waals surface area contributed by atoms with Crippen LogP contribution in [0.4, 0.5) is 18.9 Å². The summed E-state index contributed by atoms with van der Waals surface area (Å²) in [7, 11) is 1.36. The van der Waals surface area contributed by atoms with Crippen molar-refractivity contribution < 1.29 is 13.2 Å². The SMILES string of the molecule is CNc1cc(F)nc(F)c1F. The van der Waals surface area contributed by atoms with E-state index in [1.807, 2.05) is 0 Å². The Hall–Kier alpha value is -1.26. The summed E-state index contributed by atoms with van der Waals surface area (Å²) in [5.41, 5.74) is -0.241. The minimum Gasteiger partial charge on any atom is -0.385 e. The van der Waals surface area contributed by atoms with Crippen molar-refractivity contribution in [1.29, 1.82) is 0 Å². The molecule has 1 heterocycles. The van der Waals surface area contributed by atoms with Gasteiger partial charge in [0.05, 0.1) is 5.69 Å². The fourth-order valence-corrected chi connectivity index (χ4v) is 0.651. The Balaban J connectivity index is 3.24. The summed E-state index contributed by atoms with van der Waals surface area (Å²) >= 11 is 0. The van der Waals surface area contributed by atoms with Gasteiger partial charge in [0, 0.05) is 13.1 Å². The first-order valence-corrected chi connectivity index (χ1v) is 2.84. The maximum atomic E-state index is 12.5. The Kier molecular flexibility index (Phi) is 1.98. The van der Waals surface area contributed by atoms with Crippen LogP contribution in [0.5, 0.6) is 0 Å². The molecule has 2 nitrogen and oxygen atoms in total. The van der Waals surface area contributed by atoms with Crippen molar-refractivity contribution in [3.63, 3.8) is 0 Å². The highest BCUT2D eigenvalue weighted by molar-refractivity contribution is 5.42. The fourth-order valence-electron chi connectivity index (χ4n) is 0.651. The Morgan fingerprint density at radius 2 is 2.00 bits per heavy atom. The number of hydrogen-bond acceptors (Lipinski definition) is 2. The van der Waals surface area contributed by atoms with Gasteiger partial charge >= 0.3 is 0 Å². The van der Waals surface area contributed by atoms with E-state index in [2.05, 4.69) is 10.3 Å². The van der Waals surface area contributed by atoms with Crippen LogP contribution < -0.4 is 5.32 Å². The summed E-state index contributed by atoms with van der Waals surface area (Å²) < 4.78 is 37.0. The first kappa shape index (κ1) is 7.84. The summed E-state index contributed by atoms with van der Waals surface area (Å²) in [6, 6.07) is 0.776. The molecule has 0 radical (unpaired) electrons. The second-order valence-corrected chi connectivity index (χ2v) is 1.85. The van der Waals surface area contributed by atoms with Crippen molar-refractivity contribution in [2.45, 2.75) is 0 Å². The largest absolute Gasteiger partial charge is 0.385 e. The highest BCUT2D eigenvalue weighted by Crippen LogP contribution is 2.15. The smallest absolute Gasteiger partial charge is 0.253 e. The van der Waals surface area contributed by atoms with Crippen LogP contribution in [0.25, 0.3) is 0 Å². The lowest BCUT2D eigenvalue weighted by atomic mass is 10.4. The molecule has 0 saturated heterocycles. The van der Waals surface area contributed by atoms with Crippen molar-refractivity contribution in [2.75, 3.05) is 12.4 Å². The van der Waals surface area contributed by atoms with Gasteiger partial charge in [-0.1, -0.05) is 0 Å². The van der Waals surface area contributed by atoms with E-state index in [0.717, 1.165) is 6.07 Å². The van der Waals surface area contributed by atoms with Crippen LogP contribution >= 0.6 is 0 Å². The molecular formula is C6H5F3N2. The van der Waals surface area contributed by atoms with Crippen LogP contribution in [0.15, 0.2) is 6.07 Å². The van der Waals surface area contributed by atoms with Crippen LogP contribution in [-0.4, -0.2) is 12.0 Å². The van der Waals surface area contributed by atoms with E-state index in [0.29, 0.717) is 0 Å². The molecule has 1 N–H and O–H groups in total. The molecule has 0 amide bonds. The molecule has 1 aromatic heterocycles. The molecule has 0 aliphatic heterocycles.